The van der Waals surface area contributed by atoms with Crippen LogP contribution in [-0.4, -0.2) is 38.3 Å². The van der Waals surface area contributed by atoms with Gasteiger partial charge in [-0.1, -0.05) is 279 Å². The van der Waals surface area contributed by atoms with Gasteiger partial charge < -0.3 is 18.1 Å². The van der Waals surface area contributed by atoms with E-state index in [4.69, 9.17) is 39.7 Å². The summed E-state index contributed by atoms with van der Waals surface area (Å²) in [6.07, 6.45) is 3.63. The third kappa shape index (κ3) is 11.6. The topological polar surface area (TPSA) is 96.3 Å². The lowest BCUT2D eigenvalue weighted by atomic mass is 9.78. The van der Waals surface area contributed by atoms with E-state index in [1.165, 1.54) is 84.9 Å². The Hall–Kier alpha value is -11.9. The summed E-state index contributed by atoms with van der Waals surface area (Å²) < 4.78 is 30.1. The Labute approximate surface area is 624 Å². The molecule has 1 aliphatic rings. The molecule has 0 spiro atoms. The molecule has 0 saturated carbocycles. The van der Waals surface area contributed by atoms with Gasteiger partial charge in [-0.2, -0.15) is 0 Å². The fourth-order valence-electron chi connectivity index (χ4n) is 14.9. The normalized spacial score (nSPS) is 13.4. The molecule has 0 N–H and O–H groups in total. The second kappa shape index (κ2) is 26.3. The molecule has 7 heterocycles. The molecule has 21 rings (SSSR count). The molecule has 1 fully saturated rings. The van der Waals surface area contributed by atoms with Crippen molar-refractivity contribution in [2.75, 3.05) is 0 Å². The summed E-state index contributed by atoms with van der Waals surface area (Å²) in [5.41, 5.74) is 20.3. The van der Waals surface area contributed by atoms with Crippen molar-refractivity contribution in [2.24, 2.45) is 0 Å². The lowest BCUT2D eigenvalue weighted by molar-refractivity contribution is 0.00578. The zero-order valence-corrected chi connectivity index (χ0v) is 60.6. The van der Waals surface area contributed by atoms with E-state index in [1.54, 1.807) is 6.20 Å². The van der Waals surface area contributed by atoms with Gasteiger partial charge in [-0.3, -0.25) is 0 Å². The lowest BCUT2D eigenvalue weighted by Gasteiger charge is -2.32. The standard InChI is InChI=1S/C44H26N2OS.C30H27BO2S.C20H11ClN2O/c1-2-10-27(11-3-1)34-18-8-20-36-37-21-9-19-35(43(37)48-42(34)36)31-15-6-13-29(24-31)30-14-7-16-32(25-30)38-26-45-41-40-33-17-5-4-12-28(33)22-23-39(40)47-44(41)46-38;1-29(2)30(3,4)33-31(32-29)22-14-8-13-21(19-22)24-16-10-18-26-25-17-9-15-23(27(25)34-28(24)26)20-11-6-5-7-12-20;21-14-6-3-5-13(10-14)16-11-22-19-18-15-7-2-1-4-12(15)8-9-17(18)24-20(19)23-16/h1-26H;5-19H,1-4H3;1-11H. The van der Waals surface area contributed by atoms with Crippen LogP contribution in [0.25, 0.3) is 184 Å². The summed E-state index contributed by atoms with van der Waals surface area (Å²) in [4.78, 5) is 19.1. The van der Waals surface area contributed by atoms with Crippen LogP contribution >= 0.6 is 34.3 Å². The summed E-state index contributed by atoms with van der Waals surface area (Å²) in [7, 11) is -0.365. The molecule has 8 nitrogen and oxygen atoms in total. The van der Waals surface area contributed by atoms with E-state index in [9.17, 15) is 0 Å². The molecule has 1 saturated heterocycles. The average molecular weight is 1420 g/mol. The summed E-state index contributed by atoms with van der Waals surface area (Å²) >= 11 is 9.84. The van der Waals surface area contributed by atoms with Gasteiger partial charge in [0.2, 0.25) is 11.4 Å². The molecule has 0 unspecified atom stereocenters. The molecule has 0 aliphatic carbocycles. The molecule has 0 amide bonds. The third-order valence-electron chi connectivity index (χ3n) is 20.9. The Kier molecular flexibility index (Phi) is 16.1. The van der Waals surface area contributed by atoms with Crippen LogP contribution in [0.4, 0.5) is 0 Å². The Bertz CT molecular complexity index is 6830. The number of thiophene rings is 2. The smallest absolute Gasteiger partial charge is 0.436 e. The molecule has 0 radical (unpaired) electrons. The quantitative estimate of drug-likeness (QED) is 0.139. The minimum absolute atomic E-state index is 0.354. The molecule has 1 aliphatic heterocycles. The van der Waals surface area contributed by atoms with E-state index in [0.29, 0.717) is 16.4 Å². The van der Waals surface area contributed by atoms with E-state index < -0.39 is 0 Å². The number of furan rings is 2. The Morgan fingerprint density at radius 3 is 1.15 bits per heavy atom. The zero-order valence-electron chi connectivity index (χ0n) is 58.2. The molecule has 14 aromatic carbocycles. The number of benzene rings is 14. The molecule has 20 aromatic rings. The van der Waals surface area contributed by atoms with Crippen molar-refractivity contribution in [1.82, 2.24) is 19.9 Å². The van der Waals surface area contributed by atoms with Gasteiger partial charge in [0, 0.05) is 56.5 Å². The maximum atomic E-state index is 6.32. The summed E-state index contributed by atoms with van der Waals surface area (Å²) in [5, 5.41) is 12.5. The number of fused-ring (bicyclic) bond motifs is 16. The van der Waals surface area contributed by atoms with E-state index in [2.05, 4.69) is 286 Å². The first-order chi connectivity index (χ1) is 51.9. The first-order valence-corrected chi connectivity index (χ1v) is 37.5. The highest BCUT2D eigenvalue weighted by Crippen LogP contribution is 2.47. The predicted molar refractivity (Wildman–Crippen MR) is 445 cm³/mol. The van der Waals surface area contributed by atoms with Crippen molar-refractivity contribution < 1.29 is 18.1 Å². The molecule has 12 heteroatoms. The van der Waals surface area contributed by atoms with Gasteiger partial charge in [0.15, 0.2) is 0 Å². The fraction of sp³-hybridized carbons (Fsp3) is 0.0638. The highest BCUT2D eigenvalue weighted by Gasteiger charge is 2.51. The van der Waals surface area contributed by atoms with Crippen molar-refractivity contribution in [3.8, 4) is 78.1 Å². The van der Waals surface area contributed by atoms with Gasteiger partial charge in [-0.05, 0) is 147 Å². The van der Waals surface area contributed by atoms with Crippen molar-refractivity contribution in [3.63, 3.8) is 0 Å². The summed E-state index contributed by atoms with van der Waals surface area (Å²) in [6, 6.07) is 106. The number of rotatable bonds is 8. The average Bonchev–Trinajstić information content (AvgIpc) is 1.58. The van der Waals surface area contributed by atoms with Crippen molar-refractivity contribution in [1.29, 1.82) is 0 Å². The molecule has 0 atom stereocenters. The third-order valence-corrected chi connectivity index (χ3v) is 23.7. The zero-order chi connectivity index (χ0) is 71.2. The van der Waals surface area contributed by atoms with Gasteiger partial charge in [-0.25, -0.2) is 19.9 Å². The SMILES string of the molecule is CC1(C)OB(c2cccc(-c3cccc4c3sc3c(-c5ccccc5)cccc34)c2)OC1(C)C.Clc1cccc(-c2cnc3c(n2)oc2ccc4ccccc4c23)c1.c1ccc(-c2cccc3c2sc2c(-c4cccc(-c5cccc(-c6cnc7c(n6)oc6ccc8ccccc8c67)c5)c4)cccc23)cc1. The van der Waals surface area contributed by atoms with Crippen LogP contribution in [0.1, 0.15) is 27.7 Å². The van der Waals surface area contributed by atoms with E-state index >= 15 is 0 Å². The van der Waals surface area contributed by atoms with Crippen molar-refractivity contribution >= 4 is 153 Å². The van der Waals surface area contributed by atoms with Crippen LogP contribution in [0.5, 0.6) is 0 Å². The molecule has 106 heavy (non-hydrogen) atoms. The van der Waals surface area contributed by atoms with Gasteiger partial charge in [0.1, 0.15) is 22.2 Å². The van der Waals surface area contributed by atoms with Crippen molar-refractivity contribution in [3.05, 3.63) is 321 Å². The minimum atomic E-state index is -0.365. The molecular weight excluding hydrogens is 1360 g/mol. The van der Waals surface area contributed by atoms with Crippen LogP contribution in [-0.2, 0) is 9.31 Å². The summed E-state index contributed by atoms with van der Waals surface area (Å²) in [6.45, 7) is 8.39. The predicted octanol–water partition coefficient (Wildman–Crippen LogP) is 26.1. The van der Waals surface area contributed by atoms with Crippen LogP contribution in [0.3, 0.4) is 0 Å². The number of nitrogens with zero attached hydrogens (tertiary/aromatic N) is 4. The monoisotopic (exact) mass is 1420 g/mol. The van der Waals surface area contributed by atoms with Gasteiger partial charge in [0.25, 0.3) is 0 Å². The molecular formula is C94H64BClN4O4S2. The van der Waals surface area contributed by atoms with Crippen LogP contribution < -0.4 is 5.46 Å². The number of hydrogen-bond acceptors (Lipinski definition) is 10. The van der Waals surface area contributed by atoms with Gasteiger partial charge >= 0.3 is 7.12 Å². The highest BCUT2D eigenvalue weighted by atomic mass is 35.5. The number of hydrogen-bond donors (Lipinski definition) is 0. The van der Waals surface area contributed by atoms with Gasteiger partial charge in [-0.15, -0.1) is 22.7 Å². The molecule has 0 bridgehead atoms. The first kappa shape index (κ1) is 64.9. The first-order valence-electron chi connectivity index (χ1n) is 35.5. The van der Waals surface area contributed by atoms with E-state index in [0.717, 1.165) is 93.6 Å². The Morgan fingerprint density at radius 1 is 0.321 bits per heavy atom. The second-order valence-corrected chi connectivity index (χ2v) is 30.4. The number of halogens is 1. The maximum Gasteiger partial charge on any atom is 0.494 e. The Morgan fingerprint density at radius 2 is 0.679 bits per heavy atom. The van der Waals surface area contributed by atoms with Crippen LogP contribution in [0.2, 0.25) is 5.02 Å². The Balaban J connectivity index is 0.000000116. The van der Waals surface area contributed by atoms with Gasteiger partial charge in [0.05, 0.1) is 45.8 Å². The second-order valence-electron chi connectivity index (χ2n) is 27.9. The van der Waals surface area contributed by atoms with Crippen LogP contribution in [0, 0.1) is 0 Å². The van der Waals surface area contributed by atoms with Crippen molar-refractivity contribution in [2.45, 2.75) is 38.9 Å². The molecule has 6 aromatic heterocycles. The van der Waals surface area contributed by atoms with Crippen LogP contribution in [0.15, 0.2) is 325 Å². The van der Waals surface area contributed by atoms with E-state index in [-0.39, 0.29) is 18.3 Å². The van der Waals surface area contributed by atoms with E-state index in [1.807, 2.05) is 83.5 Å². The summed E-state index contributed by atoms with van der Waals surface area (Å²) in [5.74, 6) is 0. The molecule has 506 valence electrons. The lowest BCUT2D eigenvalue weighted by Crippen LogP contribution is -2.41. The largest absolute Gasteiger partial charge is 0.494 e. The maximum absolute atomic E-state index is 6.32. The minimum Gasteiger partial charge on any atom is -0.436 e. The number of aromatic nitrogens is 4. The highest BCUT2D eigenvalue weighted by molar-refractivity contribution is 7.27. The fourth-order valence-corrected chi connectivity index (χ4v) is 17.8.